The second-order valence-electron chi connectivity index (χ2n) is 1.75. The highest BCUT2D eigenvalue weighted by Crippen LogP contribution is 2.17. The molecule has 0 spiro atoms. The molecule has 54 valence electrons. The van der Waals surface area contributed by atoms with Crippen LogP contribution in [0.4, 0.5) is 0 Å². The van der Waals surface area contributed by atoms with Crippen molar-refractivity contribution < 1.29 is 9.42 Å². The average Bonchev–Trinajstić information content (AvgIpc) is 2.34. The van der Waals surface area contributed by atoms with Gasteiger partial charge < -0.3 is 0 Å². The Morgan fingerprint density at radius 3 is 3.20 bits per heavy atom. The third kappa shape index (κ3) is 2.35. The van der Waals surface area contributed by atoms with Crippen molar-refractivity contribution in [1.29, 1.82) is 0 Å². The number of hydrogen-bond donors (Lipinski definition) is 1. The fourth-order valence-corrected chi connectivity index (χ4v) is 0.828. The predicted octanol–water partition coefficient (Wildman–Crippen LogP) is 1.09. The standard InChI is InChI=1S/C5H8N2O2P/c1-10(8)9-4-5-2-3-6-7-5/h2,8H,1,3-4H2/q+1. The maximum atomic E-state index is 8.64. The van der Waals surface area contributed by atoms with E-state index in [0.29, 0.717) is 13.2 Å². The van der Waals surface area contributed by atoms with E-state index in [2.05, 4.69) is 16.5 Å². The fraction of sp³-hybridized carbons (Fsp3) is 0.400. The Hall–Kier alpha value is -0.570. The third-order valence-corrected chi connectivity index (χ3v) is 1.40. The van der Waals surface area contributed by atoms with Crippen molar-refractivity contribution in [2.24, 2.45) is 10.2 Å². The molecule has 1 aliphatic heterocycles. The summed E-state index contributed by atoms with van der Waals surface area (Å²) in [5.74, 6) is 0. The number of hydrogen-bond acceptors (Lipinski definition) is 4. The van der Waals surface area contributed by atoms with Gasteiger partial charge in [0.2, 0.25) is 0 Å². The lowest BCUT2D eigenvalue weighted by atomic mass is 10.4. The van der Waals surface area contributed by atoms with Gasteiger partial charge in [0.05, 0.1) is 12.2 Å². The van der Waals surface area contributed by atoms with E-state index in [1.165, 1.54) is 0 Å². The summed E-state index contributed by atoms with van der Waals surface area (Å²) < 4.78 is 4.81. The van der Waals surface area contributed by atoms with Crippen molar-refractivity contribution in [1.82, 2.24) is 0 Å². The first-order chi connectivity index (χ1) is 4.79. The van der Waals surface area contributed by atoms with E-state index in [0.717, 1.165) is 5.70 Å². The minimum atomic E-state index is -1.51. The van der Waals surface area contributed by atoms with Crippen LogP contribution in [0.1, 0.15) is 0 Å². The monoisotopic (exact) mass is 159 g/mol. The molecule has 0 aromatic carbocycles. The Bertz CT molecular complexity index is 200. The van der Waals surface area contributed by atoms with E-state index in [4.69, 9.17) is 9.42 Å². The van der Waals surface area contributed by atoms with Gasteiger partial charge in [-0.05, 0) is 6.08 Å². The van der Waals surface area contributed by atoms with Crippen LogP contribution in [0.15, 0.2) is 22.0 Å². The summed E-state index contributed by atoms with van der Waals surface area (Å²) in [4.78, 5) is 8.64. The summed E-state index contributed by atoms with van der Waals surface area (Å²) in [6.07, 6.45) is 5.14. The van der Waals surface area contributed by atoms with Gasteiger partial charge in [0, 0.05) is 0 Å². The zero-order chi connectivity index (χ0) is 7.40. The lowest BCUT2D eigenvalue weighted by molar-refractivity contribution is 0.353. The third-order valence-electron chi connectivity index (χ3n) is 0.969. The van der Waals surface area contributed by atoms with Crippen LogP contribution < -0.4 is 0 Å². The molecule has 0 amide bonds. The molecule has 10 heavy (non-hydrogen) atoms. The molecule has 1 rings (SSSR count). The van der Waals surface area contributed by atoms with Crippen LogP contribution in [0.5, 0.6) is 0 Å². The first kappa shape index (κ1) is 7.54. The maximum absolute atomic E-state index is 8.64. The zero-order valence-electron chi connectivity index (χ0n) is 5.40. The molecule has 0 bridgehead atoms. The highest BCUT2D eigenvalue weighted by Gasteiger charge is 2.06. The molecule has 1 unspecified atom stereocenters. The topological polar surface area (TPSA) is 54.2 Å². The summed E-state index contributed by atoms with van der Waals surface area (Å²) in [5, 5.41) is 7.44. The number of rotatable bonds is 3. The van der Waals surface area contributed by atoms with Crippen LogP contribution >= 0.6 is 8.00 Å². The molecule has 1 atom stereocenters. The highest BCUT2D eigenvalue weighted by molar-refractivity contribution is 7.44. The molecule has 5 heteroatoms. The van der Waals surface area contributed by atoms with Crippen LogP contribution in [-0.4, -0.2) is 24.3 Å². The van der Waals surface area contributed by atoms with Gasteiger partial charge in [0.15, 0.2) is 0 Å². The summed E-state index contributed by atoms with van der Waals surface area (Å²) in [5.41, 5.74) is 0.769. The van der Waals surface area contributed by atoms with Gasteiger partial charge in [-0.15, -0.1) is 4.52 Å². The molecule has 0 aromatic heterocycles. The first-order valence-corrected chi connectivity index (χ1v) is 4.18. The molecule has 0 aliphatic carbocycles. The molecule has 0 fully saturated rings. The normalized spacial score (nSPS) is 17.3. The average molecular weight is 159 g/mol. The molecule has 0 saturated heterocycles. The Balaban J connectivity index is 2.26. The van der Waals surface area contributed by atoms with Gasteiger partial charge in [-0.2, -0.15) is 15.1 Å². The highest BCUT2D eigenvalue weighted by atomic mass is 31.1. The zero-order valence-corrected chi connectivity index (χ0v) is 6.29. The second-order valence-corrected chi connectivity index (χ2v) is 2.71. The van der Waals surface area contributed by atoms with Gasteiger partial charge >= 0.3 is 8.00 Å². The minimum Gasteiger partial charge on any atom is -0.185 e. The quantitative estimate of drug-likeness (QED) is 0.626. The van der Waals surface area contributed by atoms with Crippen molar-refractivity contribution in [3.05, 3.63) is 11.8 Å². The van der Waals surface area contributed by atoms with E-state index in [1.807, 2.05) is 6.08 Å². The first-order valence-electron chi connectivity index (χ1n) is 2.78. The molecular weight excluding hydrogens is 151 g/mol. The van der Waals surface area contributed by atoms with Crippen molar-refractivity contribution in [3.63, 3.8) is 0 Å². The Morgan fingerprint density at radius 1 is 1.90 bits per heavy atom. The molecule has 0 saturated carbocycles. The van der Waals surface area contributed by atoms with Crippen LogP contribution in [-0.2, 0) is 4.52 Å². The van der Waals surface area contributed by atoms with E-state index in [9.17, 15) is 0 Å². The molecule has 1 aliphatic rings. The predicted molar refractivity (Wildman–Crippen MR) is 40.0 cm³/mol. The SMILES string of the molecule is C=[P+](O)OCC1=CCN=N1. The van der Waals surface area contributed by atoms with Crippen LogP contribution in [0.3, 0.4) is 0 Å². The van der Waals surface area contributed by atoms with Crippen molar-refractivity contribution in [2.45, 2.75) is 0 Å². The lowest BCUT2D eigenvalue weighted by Gasteiger charge is -1.86. The largest absolute Gasteiger partial charge is 0.420 e. The van der Waals surface area contributed by atoms with Gasteiger partial charge in [-0.25, -0.2) is 0 Å². The van der Waals surface area contributed by atoms with E-state index in [1.54, 1.807) is 0 Å². The van der Waals surface area contributed by atoms with Crippen molar-refractivity contribution in [3.8, 4) is 0 Å². The Labute approximate surface area is 59.8 Å². The molecule has 1 N–H and O–H groups in total. The molecule has 0 radical (unpaired) electrons. The Kier molecular flexibility index (Phi) is 2.68. The number of azo groups is 1. The van der Waals surface area contributed by atoms with Crippen molar-refractivity contribution >= 4 is 14.3 Å². The van der Waals surface area contributed by atoms with E-state index in [-0.39, 0.29) is 0 Å². The summed E-state index contributed by atoms with van der Waals surface area (Å²) in [6.45, 7) is 0.939. The fourth-order valence-electron chi connectivity index (χ4n) is 0.547. The summed E-state index contributed by atoms with van der Waals surface area (Å²) >= 11 is 0. The molecule has 0 aromatic rings. The Morgan fingerprint density at radius 2 is 2.70 bits per heavy atom. The number of nitrogens with zero attached hydrogens (tertiary/aromatic N) is 2. The molecule has 4 nitrogen and oxygen atoms in total. The molecular formula is C5H8N2O2P+. The van der Waals surface area contributed by atoms with Gasteiger partial charge in [0.25, 0.3) is 0 Å². The second kappa shape index (κ2) is 3.56. The minimum absolute atomic E-state index is 0.315. The van der Waals surface area contributed by atoms with Crippen molar-refractivity contribution in [2.75, 3.05) is 13.2 Å². The summed E-state index contributed by atoms with van der Waals surface area (Å²) in [7, 11) is -1.51. The van der Waals surface area contributed by atoms with Crippen LogP contribution in [0.2, 0.25) is 0 Å². The van der Waals surface area contributed by atoms with Gasteiger partial charge in [-0.3, -0.25) is 0 Å². The van der Waals surface area contributed by atoms with E-state index < -0.39 is 8.00 Å². The maximum Gasteiger partial charge on any atom is 0.420 e. The summed E-state index contributed by atoms with van der Waals surface area (Å²) in [6, 6.07) is 0. The smallest absolute Gasteiger partial charge is 0.185 e. The molecule has 1 heterocycles. The van der Waals surface area contributed by atoms with Crippen LogP contribution in [0.25, 0.3) is 0 Å². The van der Waals surface area contributed by atoms with Gasteiger partial charge in [-0.1, -0.05) is 0 Å². The lowest BCUT2D eigenvalue weighted by Crippen LogP contribution is -1.86. The van der Waals surface area contributed by atoms with E-state index >= 15 is 0 Å². The van der Waals surface area contributed by atoms with Crippen LogP contribution in [0, 0.1) is 0 Å². The van der Waals surface area contributed by atoms with Gasteiger partial charge in [0.1, 0.15) is 12.9 Å².